The van der Waals surface area contributed by atoms with E-state index in [0.717, 1.165) is 10.0 Å². The van der Waals surface area contributed by atoms with Crippen molar-refractivity contribution in [1.82, 2.24) is 4.90 Å². The second-order valence-corrected chi connectivity index (χ2v) is 4.92. The Labute approximate surface area is 102 Å². The minimum atomic E-state index is -0.702. The monoisotopic (exact) mass is 289 g/mol. The van der Waals surface area contributed by atoms with E-state index < -0.39 is 12.2 Å². The second-order valence-electron chi connectivity index (χ2n) is 4.06. The summed E-state index contributed by atoms with van der Waals surface area (Å²) in [4.78, 5) is 1.90. The number of aliphatic hydroxyl groups is 2. The van der Waals surface area contributed by atoms with Crippen LogP contribution in [0.3, 0.4) is 0 Å². The molecule has 1 aromatic rings. The van der Waals surface area contributed by atoms with E-state index >= 15 is 0 Å². The van der Waals surface area contributed by atoms with Gasteiger partial charge in [-0.15, -0.1) is 0 Å². The molecular weight excluding hydrogens is 277 g/mol. The summed E-state index contributed by atoms with van der Waals surface area (Å²) in [5, 5.41) is 18.8. The van der Waals surface area contributed by atoms with Gasteiger partial charge >= 0.3 is 0 Å². The Morgan fingerprint density at radius 1 is 1.31 bits per heavy atom. The molecule has 0 aromatic heterocycles. The number of benzene rings is 1. The Morgan fingerprint density at radius 3 is 2.56 bits per heavy atom. The first-order valence-electron chi connectivity index (χ1n) is 5.08. The smallest absolute Gasteiger partial charge is 0.123 e. The predicted octanol–water partition coefficient (Wildman–Crippen LogP) is 1.13. The van der Waals surface area contributed by atoms with E-state index in [1.807, 2.05) is 4.90 Å². The standard InChI is InChI=1S/C11H13BrFNO2/c12-9-2-1-8(13)3-7(9)4-14-5-10(15)11(16)6-14/h1-3,10-11,15-16H,4-6H2/t10-,11+. The average molecular weight is 290 g/mol. The van der Waals surface area contributed by atoms with Crippen LogP contribution >= 0.6 is 15.9 Å². The molecular formula is C11H13BrFNO2. The van der Waals surface area contributed by atoms with Gasteiger partial charge in [0.2, 0.25) is 0 Å². The van der Waals surface area contributed by atoms with Crippen LogP contribution < -0.4 is 0 Å². The largest absolute Gasteiger partial charge is 0.389 e. The number of β-amino-alcohol motifs (C(OH)–C–C–N with tert-alkyl or cyclic N) is 2. The van der Waals surface area contributed by atoms with E-state index in [4.69, 9.17) is 0 Å². The summed E-state index contributed by atoms with van der Waals surface area (Å²) in [6, 6.07) is 4.51. The Bertz CT molecular complexity index is 378. The van der Waals surface area contributed by atoms with Gasteiger partial charge in [0.25, 0.3) is 0 Å². The van der Waals surface area contributed by atoms with Crippen molar-refractivity contribution < 1.29 is 14.6 Å². The van der Waals surface area contributed by atoms with Crippen LogP contribution in [-0.2, 0) is 6.54 Å². The quantitative estimate of drug-likeness (QED) is 0.858. The average Bonchev–Trinajstić information content (AvgIpc) is 2.52. The van der Waals surface area contributed by atoms with Gasteiger partial charge in [-0.05, 0) is 23.8 Å². The van der Waals surface area contributed by atoms with Gasteiger partial charge < -0.3 is 10.2 Å². The first kappa shape index (κ1) is 12.0. The minimum absolute atomic E-state index is 0.279. The zero-order valence-corrected chi connectivity index (χ0v) is 10.2. The summed E-state index contributed by atoms with van der Waals surface area (Å²) < 4.78 is 13.9. The van der Waals surface area contributed by atoms with Crippen molar-refractivity contribution in [1.29, 1.82) is 0 Å². The number of rotatable bonds is 2. The molecule has 0 aliphatic carbocycles. The summed E-state index contributed by atoms with van der Waals surface area (Å²) in [5.41, 5.74) is 0.821. The molecule has 88 valence electrons. The Kier molecular flexibility index (Phi) is 3.59. The van der Waals surface area contributed by atoms with Crippen LogP contribution in [0, 0.1) is 5.82 Å². The number of hydrogen-bond acceptors (Lipinski definition) is 3. The number of likely N-dealkylation sites (tertiary alicyclic amines) is 1. The maximum atomic E-state index is 13.0. The van der Waals surface area contributed by atoms with E-state index in [1.54, 1.807) is 6.07 Å². The van der Waals surface area contributed by atoms with Crippen molar-refractivity contribution >= 4 is 15.9 Å². The van der Waals surface area contributed by atoms with E-state index in [0.29, 0.717) is 19.6 Å². The van der Waals surface area contributed by atoms with Gasteiger partial charge in [0, 0.05) is 24.1 Å². The van der Waals surface area contributed by atoms with Crippen molar-refractivity contribution in [3.05, 3.63) is 34.1 Å². The summed E-state index contributed by atoms with van der Waals surface area (Å²) in [7, 11) is 0. The summed E-state index contributed by atoms with van der Waals surface area (Å²) >= 11 is 3.35. The van der Waals surface area contributed by atoms with Crippen molar-refractivity contribution in [2.45, 2.75) is 18.8 Å². The lowest BCUT2D eigenvalue weighted by atomic mass is 10.2. The van der Waals surface area contributed by atoms with Crippen molar-refractivity contribution in [2.75, 3.05) is 13.1 Å². The zero-order chi connectivity index (χ0) is 11.7. The van der Waals surface area contributed by atoms with Crippen LogP contribution in [-0.4, -0.2) is 40.4 Å². The molecule has 0 spiro atoms. The molecule has 3 nitrogen and oxygen atoms in total. The highest BCUT2D eigenvalue weighted by molar-refractivity contribution is 9.10. The fraction of sp³-hybridized carbons (Fsp3) is 0.455. The fourth-order valence-electron chi connectivity index (χ4n) is 1.88. The molecule has 1 aliphatic heterocycles. The lowest BCUT2D eigenvalue weighted by Crippen LogP contribution is -2.22. The lowest BCUT2D eigenvalue weighted by Gasteiger charge is -2.15. The van der Waals surface area contributed by atoms with Crippen LogP contribution in [0.15, 0.2) is 22.7 Å². The molecule has 1 heterocycles. The van der Waals surface area contributed by atoms with Gasteiger partial charge in [-0.1, -0.05) is 15.9 Å². The molecule has 0 unspecified atom stereocenters. The molecule has 5 heteroatoms. The van der Waals surface area contributed by atoms with E-state index in [9.17, 15) is 14.6 Å². The van der Waals surface area contributed by atoms with Gasteiger partial charge in [-0.2, -0.15) is 0 Å². The molecule has 1 aromatic carbocycles. The van der Waals surface area contributed by atoms with Crippen molar-refractivity contribution in [2.24, 2.45) is 0 Å². The van der Waals surface area contributed by atoms with Gasteiger partial charge in [0.1, 0.15) is 5.82 Å². The van der Waals surface area contributed by atoms with Gasteiger partial charge in [0.15, 0.2) is 0 Å². The van der Waals surface area contributed by atoms with E-state index in [-0.39, 0.29) is 5.82 Å². The Hall–Kier alpha value is -0.490. The van der Waals surface area contributed by atoms with Gasteiger partial charge in [0.05, 0.1) is 12.2 Å². The molecule has 0 saturated carbocycles. The van der Waals surface area contributed by atoms with Crippen LogP contribution in [0.4, 0.5) is 4.39 Å². The maximum absolute atomic E-state index is 13.0. The zero-order valence-electron chi connectivity index (χ0n) is 8.61. The normalized spacial score (nSPS) is 26.2. The molecule has 2 N–H and O–H groups in total. The van der Waals surface area contributed by atoms with Crippen LogP contribution in [0.25, 0.3) is 0 Å². The first-order chi connectivity index (χ1) is 7.56. The Morgan fingerprint density at radius 2 is 1.94 bits per heavy atom. The third-order valence-corrected chi connectivity index (χ3v) is 3.51. The molecule has 2 rings (SSSR count). The third kappa shape index (κ3) is 2.60. The van der Waals surface area contributed by atoms with E-state index in [2.05, 4.69) is 15.9 Å². The molecule has 1 aliphatic rings. The highest BCUT2D eigenvalue weighted by Gasteiger charge is 2.29. The SMILES string of the molecule is O[C@@H]1CN(Cc2cc(F)ccc2Br)C[C@@H]1O. The molecule has 1 saturated heterocycles. The lowest BCUT2D eigenvalue weighted by molar-refractivity contribution is 0.0572. The first-order valence-corrected chi connectivity index (χ1v) is 5.88. The highest BCUT2D eigenvalue weighted by atomic mass is 79.9. The molecule has 0 radical (unpaired) electrons. The molecule has 2 atom stereocenters. The van der Waals surface area contributed by atoms with Gasteiger partial charge in [-0.3, -0.25) is 4.90 Å². The van der Waals surface area contributed by atoms with Gasteiger partial charge in [-0.25, -0.2) is 4.39 Å². The van der Waals surface area contributed by atoms with Crippen LogP contribution in [0.2, 0.25) is 0 Å². The molecule has 0 amide bonds. The number of aliphatic hydroxyl groups excluding tert-OH is 2. The van der Waals surface area contributed by atoms with Crippen molar-refractivity contribution in [3.8, 4) is 0 Å². The minimum Gasteiger partial charge on any atom is -0.389 e. The third-order valence-electron chi connectivity index (χ3n) is 2.74. The summed E-state index contributed by atoms with van der Waals surface area (Å²) in [6.07, 6.45) is -1.40. The summed E-state index contributed by atoms with van der Waals surface area (Å²) in [5.74, 6) is -0.279. The molecule has 1 fully saturated rings. The highest BCUT2D eigenvalue weighted by Crippen LogP contribution is 2.21. The molecule has 16 heavy (non-hydrogen) atoms. The van der Waals surface area contributed by atoms with Crippen LogP contribution in [0.5, 0.6) is 0 Å². The predicted molar refractivity (Wildman–Crippen MR) is 61.4 cm³/mol. The number of nitrogens with zero attached hydrogens (tertiary/aromatic N) is 1. The number of halogens is 2. The molecule has 0 bridgehead atoms. The second kappa shape index (κ2) is 4.79. The maximum Gasteiger partial charge on any atom is 0.123 e. The fourth-order valence-corrected chi connectivity index (χ4v) is 2.25. The Balaban J connectivity index is 2.07. The number of hydrogen-bond donors (Lipinski definition) is 2. The van der Waals surface area contributed by atoms with E-state index in [1.165, 1.54) is 12.1 Å². The van der Waals surface area contributed by atoms with Crippen LogP contribution in [0.1, 0.15) is 5.56 Å². The topological polar surface area (TPSA) is 43.7 Å². The summed E-state index contributed by atoms with van der Waals surface area (Å²) in [6.45, 7) is 1.36. The van der Waals surface area contributed by atoms with Crippen molar-refractivity contribution in [3.63, 3.8) is 0 Å².